The Bertz CT molecular complexity index is 759. The van der Waals surface area contributed by atoms with Gasteiger partial charge in [-0.1, -0.05) is 43.6 Å². The molecular formula is C21H24ClNO2S. The summed E-state index contributed by atoms with van der Waals surface area (Å²) in [5.41, 5.74) is 0.852. The van der Waals surface area contributed by atoms with Crippen LogP contribution in [0.25, 0.3) is 0 Å². The van der Waals surface area contributed by atoms with Gasteiger partial charge >= 0.3 is 0 Å². The summed E-state index contributed by atoms with van der Waals surface area (Å²) in [5, 5.41) is 3.92. The van der Waals surface area contributed by atoms with E-state index < -0.39 is 0 Å². The molecule has 0 aliphatic carbocycles. The van der Waals surface area contributed by atoms with E-state index >= 15 is 0 Å². The number of hydrogen-bond donors (Lipinski definition) is 1. The molecule has 0 bridgehead atoms. The quantitative estimate of drug-likeness (QED) is 0.650. The van der Waals surface area contributed by atoms with Crippen molar-refractivity contribution >= 4 is 29.3 Å². The van der Waals surface area contributed by atoms with Crippen LogP contribution in [0.2, 0.25) is 5.02 Å². The van der Waals surface area contributed by atoms with Crippen LogP contribution in [0.15, 0.2) is 53.4 Å². The highest BCUT2D eigenvalue weighted by Crippen LogP contribution is 2.42. The molecule has 2 aromatic carbocycles. The summed E-state index contributed by atoms with van der Waals surface area (Å²) in [7, 11) is 0. The number of nitrogens with one attached hydrogen (secondary N) is 1. The van der Waals surface area contributed by atoms with Crippen molar-refractivity contribution in [2.75, 3.05) is 5.75 Å². The fourth-order valence-corrected chi connectivity index (χ4v) is 4.18. The van der Waals surface area contributed by atoms with Crippen molar-refractivity contribution in [2.45, 2.75) is 49.6 Å². The van der Waals surface area contributed by atoms with E-state index in [2.05, 4.69) is 19.2 Å². The molecule has 0 saturated carbocycles. The van der Waals surface area contributed by atoms with E-state index in [1.807, 2.05) is 48.5 Å². The zero-order valence-electron chi connectivity index (χ0n) is 15.1. The highest BCUT2D eigenvalue weighted by atomic mass is 35.5. The monoisotopic (exact) mass is 389 g/mol. The molecular weight excluding hydrogens is 366 g/mol. The minimum atomic E-state index is -0.213. The molecule has 5 heteroatoms. The van der Waals surface area contributed by atoms with Gasteiger partial charge in [-0.25, -0.2) is 0 Å². The molecule has 138 valence electrons. The van der Waals surface area contributed by atoms with Crippen LogP contribution in [-0.2, 0) is 4.79 Å². The van der Waals surface area contributed by atoms with Crippen LogP contribution in [0.5, 0.6) is 5.75 Å². The zero-order valence-corrected chi connectivity index (χ0v) is 16.7. The van der Waals surface area contributed by atoms with E-state index in [-0.39, 0.29) is 17.6 Å². The lowest BCUT2D eigenvalue weighted by Gasteiger charge is -2.41. The van der Waals surface area contributed by atoms with Crippen molar-refractivity contribution in [3.05, 3.63) is 59.1 Å². The normalized spacial score (nSPS) is 17.9. The molecule has 0 saturated heterocycles. The number of carbonyl (C=O) groups excluding carboxylic acids is 1. The van der Waals surface area contributed by atoms with Crippen LogP contribution in [0, 0.1) is 0 Å². The SMILES string of the molecule is CCC1(CC)C[C@@H](NC(=O)CSc2ccc(Cl)cc2)c2ccccc2O1. The number of hydrogen-bond acceptors (Lipinski definition) is 3. The molecule has 26 heavy (non-hydrogen) atoms. The van der Waals surface area contributed by atoms with Gasteiger partial charge in [-0.05, 0) is 43.2 Å². The molecule has 0 radical (unpaired) electrons. The van der Waals surface area contributed by atoms with Gasteiger partial charge in [0.2, 0.25) is 5.91 Å². The Morgan fingerprint density at radius 1 is 1.19 bits per heavy atom. The number of amides is 1. The average molecular weight is 390 g/mol. The number of para-hydroxylation sites is 1. The van der Waals surface area contributed by atoms with Gasteiger partial charge in [-0.3, -0.25) is 4.79 Å². The van der Waals surface area contributed by atoms with Crippen LogP contribution in [0.1, 0.15) is 44.7 Å². The van der Waals surface area contributed by atoms with Crippen molar-refractivity contribution in [3.8, 4) is 5.75 Å². The Hall–Kier alpha value is -1.65. The van der Waals surface area contributed by atoms with E-state index in [0.717, 1.165) is 35.5 Å². The van der Waals surface area contributed by atoms with Gasteiger partial charge in [-0.2, -0.15) is 0 Å². The molecule has 1 aliphatic rings. The molecule has 0 aromatic heterocycles. The number of carbonyl (C=O) groups is 1. The predicted molar refractivity (Wildman–Crippen MR) is 108 cm³/mol. The summed E-state index contributed by atoms with van der Waals surface area (Å²) in [4.78, 5) is 13.6. The van der Waals surface area contributed by atoms with E-state index in [4.69, 9.17) is 16.3 Å². The second-order valence-corrected chi connectivity index (χ2v) is 8.08. The Kier molecular flexibility index (Phi) is 6.15. The first kappa shape index (κ1) is 19.1. The van der Waals surface area contributed by atoms with Gasteiger partial charge in [0.25, 0.3) is 0 Å². The number of thioether (sulfide) groups is 1. The van der Waals surface area contributed by atoms with Crippen molar-refractivity contribution in [3.63, 3.8) is 0 Å². The number of ether oxygens (including phenoxy) is 1. The van der Waals surface area contributed by atoms with Crippen LogP contribution in [-0.4, -0.2) is 17.3 Å². The highest BCUT2D eigenvalue weighted by molar-refractivity contribution is 8.00. The molecule has 0 fully saturated rings. The second kappa shape index (κ2) is 8.36. The van der Waals surface area contributed by atoms with Crippen LogP contribution in [0.4, 0.5) is 0 Å². The topological polar surface area (TPSA) is 38.3 Å². The molecule has 1 atom stereocenters. The van der Waals surface area contributed by atoms with Gasteiger partial charge in [0.05, 0.1) is 11.8 Å². The molecule has 2 aromatic rings. The van der Waals surface area contributed by atoms with E-state index in [0.29, 0.717) is 10.8 Å². The first-order chi connectivity index (χ1) is 12.5. The second-order valence-electron chi connectivity index (χ2n) is 6.60. The maximum Gasteiger partial charge on any atom is 0.230 e. The first-order valence-electron chi connectivity index (χ1n) is 9.01. The third-order valence-electron chi connectivity index (χ3n) is 5.00. The zero-order chi connectivity index (χ0) is 18.6. The van der Waals surface area contributed by atoms with Gasteiger partial charge in [0.15, 0.2) is 0 Å². The van der Waals surface area contributed by atoms with E-state index in [9.17, 15) is 4.79 Å². The summed E-state index contributed by atoms with van der Waals surface area (Å²) in [5.74, 6) is 1.30. The molecule has 3 nitrogen and oxygen atoms in total. The van der Waals surface area contributed by atoms with Crippen LogP contribution >= 0.6 is 23.4 Å². The van der Waals surface area contributed by atoms with Gasteiger partial charge in [-0.15, -0.1) is 11.8 Å². The lowest BCUT2D eigenvalue weighted by molar-refractivity contribution is -0.120. The number of rotatable bonds is 6. The summed E-state index contributed by atoms with van der Waals surface area (Å²) >= 11 is 7.42. The van der Waals surface area contributed by atoms with Crippen molar-refractivity contribution in [1.82, 2.24) is 5.32 Å². The summed E-state index contributed by atoms with van der Waals surface area (Å²) < 4.78 is 6.30. The number of benzene rings is 2. The third-order valence-corrected chi connectivity index (χ3v) is 6.27. The first-order valence-corrected chi connectivity index (χ1v) is 10.4. The molecule has 0 spiro atoms. The van der Waals surface area contributed by atoms with E-state index in [1.165, 1.54) is 11.8 Å². The van der Waals surface area contributed by atoms with Gasteiger partial charge < -0.3 is 10.1 Å². The Labute approximate surface area is 164 Å². The smallest absolute Gasteiger partial charge is 0.230 e. The maximum atomic E-state index is 12.6. The molecule has 1 N–H and O–H groups in total. The van der Waals surface area contributed by atoms with Gasteiger partial charge in [0, 0.05) is 21.9 Å². The minimum Gasteiger partial charge on any atom is -0.487 e. The summed E-state index contributed by atoms with van der Waals surface area (Å²) in [6.07, 6.45) is 2.64. The highest BCUT2D eigenvalue weighted by Gasteiger charge is 2.38. The van der Waals surface area contributed by atoms with Crippen LogP contribution < -0.4 is 10.1 Å². The lowest BCUT2D eigenvalue weighted by Crippen LogP contribution is -2.44. The van der Waals surface area contributed by atoms with Crippen molar-refractivity contribution in [2.24, 2.45) is 0 Å². The van der Waals surface area contributed by atoms with Crippen molar-refractivity contribution in [1.29, 1.82) is 0 Å². The lowest BCUT2D eigenvalue weighted by atomic mass is 9.83. The van der Waals surface area contributed by atoms with E-state index in [1.54, 1.807) is 0 Å². The number of fused-ring (bicyclic) bond motifs is 1. The number of halogens is 1. The fraction of sp³-hybridized carbons (Fsp3) is 0.381. The molecule has 3 rings (SSSR count). The van der Waals surface area contributed by atoms with Crippen LogP contribution in [0.3, 0.4) is 0 Å². The predicted octanol–water partition coefficient (Wildman–Crippen LogP) is 5.63. The fourth-order valence-electron chi connectivity index (χ4n) is 3.35. The molecule has 1 amide bonds. The standard InChI is InChI=1S/C21H24ClNO2S/c1-3-21(4-2)13-18(17-7-5-6-8-19(17)25-21)23-20(24)14-26-16-11-9-15(22)10-12-16/h5-12,18H,3-4,13-14H2,1-2H3,(H,23,24)/t18-/m1/s1. The molecule has 1 aliphatic heterocycles. The average Bonchev–Trinajstić information content (AvgIpc) is 2.67. The Morgan fingerprint density at radius 2 is 1.88 bits per heavy atom. The Morgan fingerprint density at radius 3 is 2.58 bits per heavy atom. The third kappa shape index (κ3) is 4.36. The van der Waals surface area contributed by atoms with Crippen molar-refractivity contribution < 1.29 is 9.53 Å². The molecule has 1 heterocycles. The Balaban J connectivity index is 1.69. The van der Waals surface area contributed by atoms with Gasteiger partial charge in [0.1, 0.15) is 11.4 Å². The largest absolute Gasteiger partial charge is 0.487 e. The molecule has 0 unspecified atom stereocenters. The maximum absolute atomic E-state index is 12.6. The summed E-state index contributed by atoms with van der Waals surface area (Å²) in [6, 6.07) is 15.5. The minimum absolute atomic E-state index is 0.0156. The summed E-state index contributed by atoms with van der Waals surface area (Å²) in [6.45, 7) is 4.29.